The fraction of sp³-hybridized carbons (Fsp3) is 0.286. The third-order valence-electron chi connectivity index (χ3n) is 1.47. The molecule has 0 fully saturated rings. The lowest BCUT2D eigenvalue weighted by atomic mass is 10.1. The van der Waals surface area contributed by atoms with Gasteiger partial charge >= 0.3 is 11.9 Å². The van der Waals surface area contributed by atoms with Crippen LogP contribution < -0.4 is 0 Å². The van der Waals surface area contributed by atoms with Crippen LogP contribution in [0.2, 0.25) is 0 Å². The van der Waals surface area contributed by atoms with Crippen molar-refractivity contribution in [1.29, 1.82) is 0 Å². The van der Waals surface area contributed by atoms with Crippen LogP contribution in [-0.2, 0) is 9.59 Å². The molecule has 76 valence electrons. The van der Waals surface area contributed by atoms with Gasteiger partial charge in [-0.25, -0.2) is 4.98 Å². The first-order valence-corrected chi connectivity index (χ1v) is 5.17. The van der Waals surface area contributed by atoms with Crippen LogP contribution in [0.15, 0.2) is 9.98 Å². The minimum Gasteiger partial charge on any atom is -0.481 e. The van der Waals surface area contributed by atoms with Crippen molar-refractivity contribution in [1.82, 2.24) is 4.98 Å². The predicted molar refractivity (Wildman–Crippen MR) is 52.4 cm³/mol. The number of thiazole rings is 1. The molecule has 1 aromatic heterocycles. The number of hydrogen-bond acceptors (Lipinski definition) is 4. The van der Waals surface area contributed by atoms with Crippen molar-refractivity contribution in [2.24, 2.45) is 0 Å². The van der Waals surface area contributed by atoms with Crippen molar-refractivity contribution in [3.05, 3.63) is 15.0 Å². The first-order valence-electron chi connectivity index (χ1n) is 3.56. The lowest BCUT2D eigenvalue weighted by Gasteiger charge is -2.04. The molecule has 2 N–H and O–H groups in total. The molecule has 0 aromatic carbocycles. The molecule has 0 aliphatic heterocycles. The number of halogens is 1. The van der Waals surface area contributed by atoms with Crippen molar-refractivity contribution >= 4 is 39.2 Å². The second-order valence-electron chi connectivity index (χ2n) is 2.49. The number of aliphatic carboxylic acids is 2. The first-order chi connectivity index (χ1) is 6.50. The average Bonchev–Trinajstić information content (AvgIpc) is 2.46. The Kier molecular flexibility index (Phi) is 3.59. The molecule has 0 aliphatic carbocycles. The Hall–Kier alpha value is -0.950. The monoisotopic (exact) mass is 279 g/mol. The minimum atomic E-state index is -1.17. The van der Waals surface area contributed by atoms with Crippen LogP contribution in [0, 0.1) is 0 Å². The molecule has 0 radical (unpaired) electrons. The standard InChI is InChI=1S/C7H6BrNO4S/c8-4-2-9-6(14-4)3(7(12)13)1-5(10)11/h2-3H,1H2,(H,10,11)(H,12,13). The molecule has 0 bridgehead atoms. The van der Waals surface area contributed by atoms with Crippen molar-refractivity contribution in [2.45, 2.75) is 12.3 Å². The van der Waals surface area contributed by atoms with E-state index in [0.717, 1.165) is 11.3 Å². The molecule has 14 heavy (non-hydrogen) atoms. The van der Waals surface area contributed by atoms with Gasteiger partial charge in [0.1, 0.15) is 10.9 Å². The predicted octanol–water partition coefficient (Wildman–Crippen LogP) is 1.55. The van der Waals surface area contributed by atoms with Gasteiger partial charge in [-0.05, 0) is 15.9 Å². The van der Waals surface area contributed by atoms with Gasteiger partial charge in [0.2, 0.25) is 0 Å². The summed E-state index contributed by atoms with van der Waals surface area (Å²) in [7, 11) is 0. The molecule has 0 saturated heterocycles. The molecule has 7 heteroatoms. The van der Waals surface area contributed by atoms with Gasteiger partial charge in [-0.15, -0.1) is 11.3 Å². The van der Waals surface area contributed by atoms with E-state index < -0.39 is 24.3 Å². The topological polar surface area (TPSA) is 87.5 Å². The van der Waals surface area contributed by atoms with E-state index >= 15 is 0 Å². The number of carbonyl (C=O) groups is 2. The van der Waals surface area contributed by atoms with Gasteiger partial charge in [-0.2, -0.15) is 0 Å². The van der Waals surface area contributed by atoms with Gasteiger partial charge in [0.15, 0.2) is 0 Å². The molecule has 1 aromatic rings. The van der Waals surface area contributed by atoms with Gasteiger partial charge in [0.25, 0.3) is 0 Å². The smallest absolute Gasteiger partial charge is 0.314 e. The number of nitrogens with zero attached hydrogens (tertiary/aromatic N) is 1. The molecule has 0 aliphatic rings. The second-order valence-corrected chi connectivity index (χ2v) is 4.93. The maximum atomic E-state index is 10.7. The summed E-state index contributed by atoms with van der Waals surface area (Å²) in [5.74, 6) is -3.39. The summed E-state index contributed by atoms with van der Waals surface area (Å²) in [5.41, 5.74) is 0. The fourth-order valence-electron chi connectivity index (χ4n) is 0.883. The quantitative estimate of drug-likeness (QED) is 0.873. The number of rotatable bonds is 4. The Balaban J connectivity index is 2.88. The van der Waals surface area contributed by atoms with E-state index in [4.69, 9.17) is 10.2 Å². The molecule has 0 amide bonds. The SMILES string of the molecule is O=C(O)CC(C(=O)O)c1ncc(Br)s1. The number of carboxylic acids is 2. The summed E-state index contributed by atoms with van der Waals surface area (Å²) in [6.07, 6.45) is 1.01. The van der Waals surface area contributed by atoms with Gasteiger partial charge in [0.05, 0.1) is 16.4 Å². The molecule has 1 heterocycles. The van der Waals surface area contributed by atoms with Crippen LogP contribution in [0.5, 0.6) is 0 Å². The number of carboxylic acid groups (broad SMARTS) is 2. The normalized spacial score (nSPS) is 12.4. The molecule has 1 atom stereocenters. The van der Waals surface area contributed by atoms with Crippen LogP contribution in [-0.4, -0.2) is 27.1 Å². The summed E-state index contributed by atoms with van der Waals surface area (Å²) in [6, 6.07) is 0. The molecule has 5 nitrogen and oxygen atoms in total. The first kappa shape index (κ1) is 11.1. The Morgan fingerprint density at radius 3 is 2.57 bits per heavy atom. The molecular formula is C7H6BrNO4S. The summed E-state index contributed by atoms with van der Waals surface area (Å²) in [4.78, 5) is 24.9. The molecule has 0 saturated carbocycles. The van der Waals surface area contributed by atoms with Crippen LogP contribution in [0.1, 0.15) is 17.3 Å². The van der Waals surface area contributed by atoms with Crippen LogP contribution in [0.4, 0.5) is 0 Å². The Labute approximate surface area is 91.5 Å². The zero-order valence-electron chi connectivity index (χ0n) is 6.81. The van der Waals surface area contributed by atoms with E-state index in [0.29, 0.717) is 8.79 Å². The largest absolute Gasteiger partial charge is 0.481 e. The van der Waals surface area contributed by atoms with Gasteiger partial charge < -0.3 is 10.2 Å². The van der Waals surface area contributed by atoms with E-state index in [1.807, 2.05) is 0 Å². The lowest BCUT2D eigenvalue weighted by Crippen LogP contribution is -2.15. The van der Waals surface area contributed by atoms with Crippen LogP contribution >= 0.6 is 27.3 Å². The highest BCUT2D eigenvalue weighted by Gasteiger charge is 2.25. The van der Waals surface area contributed by atoms with Gasteiger partial charge in [-0.1, -0.05) is 0 Å². The van der Waals surface area contributed by atoms with E-state index in [9.17, 15) is 9.59 Å². The Morgan fingerprint density at radius 1 is 1.57 bits per heavy atom. The lowest BCUT2D eigenvalue weighted by molar-refractivity contribution is -0.145. The second kappa shape index (κ2) is 4.52. The maximum absolute atomic E-state index is 10.7. The van der Waals surface area contributed by atoms with E-state index in [1.54, 1.807) is 0 Å². The summed E-state index contributed by atoms with van der Waals surface area (Å²) < 4.78 is 0.684. The number of hydrogen-bond donors (Lipinski definition) is 2. The molecule has 1 unspecified atom stereocenters. The average molecular weight is 280 g/mol. The van der Waals surface area contributed by atoms with E-state index in [-0.39, 0.29) is 0 Å². The molecule has 1 rings (SSSR count). The van der Waals surface area contributed by atoms with Crippen LogP contribution in [0.3, 0.4) is 0 Å². The van der Waals surface area contributed by atoms with E-state index in [2.05, 4.69) is 20.9 Å². The Bertz CT molecular complexity index is 364. The molecule has 0 spiro atoms. The van der Waals surface area contributed by atoms with Crippen molar-refractivity contribution < 1.29 is 19.8 Å². The minimum absolute atomic E-state index is 0.298. The molecular weight excluding hydrogens is 274 g/mol. The summed E-state index contributed by atoms with van der Waals surface area (Å²) in [5, 5.41) is 17.6. The highest BCUT2D eigenvalue weighted by Crippen LogP contribution is 2.27. The highest BCUT2D eigenvalue weighted by molar-refractivity contribution is 9.11. The van der Waals surface area contributed by atoms with Crippen LogP contribution in [0.25, 0.3) is 0 Å². The zero-order valence-corrected chi connectivity index (χ0v) is 9.21. The fourth-order valence-corrected chi connectivity index (χ4v) is 2.22. The van der Waals surface area contributed by atoms with E-state index in [1.165, 1.54) is 6.20 Å². The van der Waals surface area contributed by atoms with Crippen molar-refractivity contribution in [2.75, 3.05) is 0 Å². The van der Waals surface area contributed by atoms with Crippen molar-refractivity contribution in [3.63, 3.8) is 0 Å². The third kappa shape index (κ3) is 2.78. The zero-order chi connectivity index (χ0) is 10.7. The Morgan fingerprint density at radius 2 is 2.21 bits per heavy atom. The van der Waals surface area contributed by atoms with Gasteiger partial charge in [-0.3, -0.25) is 9.59 Å². The highest BCUT2D eigenvalue weighted by atomic mass is 79.9. The summed E-state index contributed by atoms with van der Waals surface area (Å²) in [6.45, 7) is 0. The number of aromatic nitrogens is 1. The van der Waals surface area contributed by atoms with Gasteiger partial charge in [0, 0.05) is 0 Å². The van der Waals surface area contributed by atoms with Crippen molar-refractivity contribution in [3.8, 4) is 0 Å². The summed E-state index contributed by atoms with van der Waals surface area (Å²) >= 11 is 4.26. The third-order valence-corrected chi connectivity index (χ3v) is 3.06. The maximum Gasteiger partial charge on any atom is 0.314 e.